The van der Waals surface area contributed by atoms with E-state index < -0.39 is 17.8 Å². The van der Waals surface area contributed by atoms with Gasteiger partial charge in [0.1, 0.15) is 34.2 Å². The summed E-state index contributed by atoms with van der Waals surface area (Å²) >= 11 is 0. The zero-order chi connectivity index (χ0) is 28.3. The second-order valence-corrected chi connectivity index (χ2v) is 8.66. The highest BCUT2D eigenvalue weighted by Crippen LogP contribution is 2.35. The molecule has 0 aliphatic carbocycles. The molecule has 10 nitrogen and oxygen atoms in total. The SMILES string of the molecule is C=C(O/C(CN)=C(\N)C(=O)N1CCN(C(=O)c2cc[nH]c2)CC1)c1ccc(OC)c2nc(C(F)(F)F)ccc12. The zero-order valence-corrected chi connectivity index (χ0v) is 21.0. The summed E-state index contributed by atoms with van der Waals surface area (Å²) < 4.78 is 50.7. The van der Waals surface area contributed by atoms with E-state index in [1.165, 1.54) is 24.1 Å². The number of fused-ring (bicyclic) bond motifs is 1. The number of amides is 2. The Morgan fingerprint density at radius 1 is 1.10 bits per heavy atom. The van der Waals surface area contributed by atoms with Crippen LogP contribution in [0, 0.1) is 0 Å². The number of nitrogens with one attached hydrogen (secondary N) is 1. The van der Waals surface area contributed by atoms with Crippen LogP contribution in [-0.4, -0.2) is 71.4 Å². The van der Waals surface area contributed by atoms with Gasteiger partial charge in [0.15, 0.2) is 0 Å². The fourth-order valence-electron chi connectivity index (χ4n) is 4.21. The molecule has 3 aromatic rings. The van der Waals surface area contributed by atoms with Gasteiger partial charge >= 0.3 is 6.18 Å². The number of rotatable bonds is 7. The molecule has 0 spiro atoms. The van der Waals surface area contributed by atoms with Gasteiger partial charge in [0.05, 0.1) is 19.2 Å². The Bertz CT molecular complexity index is 1430. The van der Waals surface area contributed by atoms with E-state index in [4.69, 9.17) is 20.9 Å². The molecule has 0 bridgehead atoms. The molecule has 1 aliphatic heterocycles. The first-order valence-corrected chi connectivity index (χ1v) is 11.9. The molecule has 13 heteroatoms. The standard InChI is InChI=1S/C26H27F3N6O4/c1-15(17-3-5-19(38-2)23-18(17)4-6-21(33-23)26(27,28)29)39-20(13-30)22(31)25(37)35-11-9-34(10-12-35)24(36)16-7-8-32-14-16/h3-8,14,32H,1,9-13,30-31H2,2H3/b22-20-. The second-order valence-electron chi connectivity index (χ2n) is 8.66. The average Bonchev–Trinajstić information content (AvgIpc) is 3.48. The number of ether oxygens (including phenoxy) is 2. The number of carbonyl (C=O) groups is 2. The highest BCUT2D eigenvalue weighted by atomic mass is 19.4. The Kier molecular flexibility index (Phi) is 7.81. The van der Waals surface area contributed by atoms with Crippen molar-refractivity contribution in [2.75, 3.05) is 39.8 Å². The van der Waals surface area contributed by atoms with Crippen molar-refractivity contribution in [1.29, 1.82) is 0 Å². The van der Waals surface area contributed by atoms with Gasteiger partial charge in [-0.3, -0.25) is 9.59 Å². The summed E-state index contributed by atoms with van der Waals surface area (Å²) in [5, 5.41) is 0.289. The first kappa shape index (κ1) is 27.5. The molecule has 5 N–H and O–H groups in total. The minimum atomic E-state index is -4.65. The van der Waals surface area contributed by atoms with Crippen molar-refractivity contribution in [2.45, 2.75) is 6.18 Å². The lowest BCUT2D eigenvalue weighted by Crippen LogP contribution is -2.51. The predicted molar refractivity (Wildman–Crippen MR) is 137 cm³/mol. The van der Waals surface area contributed by atoms with Crippen molar-refractivity contribution in [1.82, 2.24) is 19.8 Å². The van der Waals surface area contributed by atoms with Gasteiger partial charge in [-0.15, -0.1) is 0 Å². The molecule has 0 saturated carbocycles. The molecule has 1 aromatic carbocycles. The number of aromatic nitrogens is 2. The van der Waals surface area contributed by atoms with Gasteiger partial charge in [0.25, 0.3) is 11.8 Å². The summed E-state index contributed by atoms with van der Waals surface area (Å²) in [6.45, 7) is 4.77. The Morgan fingerprint density at radius 2 is 1.79 bits per heavy atom. The van der Waals surface area contributed by atoms with Crippen molar-refractivity contribution in [3.8, 4) is 5.75 Å². The zero-order valence-electron chi connectivity index (χ0n) is 21.0. The van der Waals surface area contributed by atoms with Crippen molar-refractivity contribution in [2.24, 2.45) is 11.5 Å². The third kappa shape index (κ3) is 5.67. The molecule has 1 saturated heterocycles. The van der Waals surface area contributed by atoms with Crippen LogP contribution >= 0.6 is 0 Å². The van der Waals surface area contributed by atoms with E-state index in [2.05, 4.69) is 16.5 Å². The van der Waals surface area contributed by atoms with Crippen LogP contribution in [0.4, 0.5) is 13.2 Å². The number of hydrogen-bond acceptors (Lipinski definition) is 7. The van der Waals surface area contributed by atoms with Gasteiger partial charge in [-0.05, 0) is 30.3 Å². The maximum Gasteiger partial charge on any atom is 0.433 e. The number of nitrogens with two attached hydrogens (primary N) is 2. The molecule has 0 unspecified atom stereocenters. The van der Waals surface area contributed by atoms with Crippen LogP contribution in [0.3, 0.4) is 0 Å². The maximum absolute atomic E-state index is 13.2. The summed E-state index contributed by atoms with van der Waals surface area (Å²) in [5.41, 5.74) is 11.4. The van der Waals surface area contributed by atoms with Gasteiger partial charge in [0, 0.05) is 49.5 Å². The van der Waals surface area contributed by atoms with Crippen molar-refractivity contribution in [3.05, 3.63) is 77.6 Å². The number of halogens is 3. The number of methoxy groups -OCH3 is 1. The molecule has 4 rings (SSSR count). The van der Waals surface area contributed by atoms with E-state index in [1.807, 2.05) is 0 Å². The fraction of sp³-hybridized carbons (Fsp3) is 0.269. The number of hydrogen-bond donors (Lipinski definition) is 3. The minimum absolute atomic E-state index is 0.00216. The lowest BCUT2D eigenvalue weighted by molar-refractivity contribution is -0.141. The Labute approximate surface area is 221 Å². The van der Waals surface area contributed by atoms with Crippen molar-refractivity contribution >= 4 is 28.5 Å². The Hall–Kier alpha value is -4.52. The van der Waals surface area contributed by atoms with Crippen LogP contribution in [0.25, 0.3) is 16.7 Å². The highest BCUT2D eigenvalue weighted by Gasteiger charge is 2.33. The Balaban J connectivity index is 1.52. The summed E-state index contributed by atoms with van der Waals surface area (Å²) in [6, 6.07) is 6.75. The monoisotopic (exact) mass is 544 g/mol. The van der Waals surface area contributed by atoms with Gasteiger partial charge < -0.3 is 35.7 Å². The quantitative estimate of drug-likeness (QED) is 0.307. The third-order valence-electron chi connectivity index (χ3n) is 6.29. The van der Waals surface area contributed by atoms with E-state index >= 15 is 0 Å². The molecule has 0 radical (unpaired) electrons. The largest absolute Gasteiger partial charge is 0.494 e. The van der Waals surface area contributed by atoms with Crippen LogP contribution in [0.15, 0.2) is 60.8 Å². The van der Waals surface area contributed by atoms with E-state index in [0.717, 1.165) is 6.07 Å². The van der Waals surface area contributed by atoms with E-state index in [1.54, 1.807) is 29.4 Å². The van der Waals surface area contributed by atoms with Crippen LogP contribution in [0.2, 0.25) is 0 Å². The lowest BCUT2D eigenvalue weighted by atomic mass is 10.1. The first-order valence-electron chi connectivity index (χ1n) is 11.9. The number of alkyl halides is 3. The predicted octanol–water partition coefficient (Wildman–Crippen LogP) is 2.69. The number of carbonyl (C=O) groups excluding carboxylic acids is 2. The van der Waals surface area contributed by atoms with Crippen LogP contribution < -0.4 is 16.2 Å². The van der Waals surface area contributed by atoms with Crippen LogP contribution in [-0.2, 0) is 15.7 Å². The number of piperazine rings is 1. The first-order chi connectivity index (χ1) is 18.5. The van der Waals surface area contributed by atoms with Crippen molar-refractivity contribution < 1.29 is 32.2 Å². The summed E-state index contributed by atoms with van der Waals surface area (Å²) in [7, 11) is 1.32. The molecule has 2 amide bonds. The molecule has 1 aliphatic rings. The number of pyridine rings is 1. The normalized spacial score (nSPS) is 14.7. The molecule has 206 valence electrons. The molecular formula is C26H27F3N6O4. The number of aromatic amines is 1. The van der Waals surface area contributed by atoms with Crippen LogP contribution in [0.1, 0.15) is 21.6 Å². The van der Waals surface area contributed by atoms with Crippen molar-refractivity contribution in [3.63, 3.8) is 0 Å². The van der Waals surface area contributed by atoms with Crippen LogP contribution in [0.5, 0.6) is 5.75 Å². The highest BCUT2D eigenvalue weighted by molar-refractivity contribution is 5.96. The topological polar surface area (TPSA) is 140 Å². The van der Waals surface area contributed by atoms with Gasteiger partial charge in [-0.2, -0.15) is 13.2 Å². The summed E-state index contributed by atoms with van der Waals surface area (Å²) in [4.78, 5) is 35.3. The third-order valence-corrected chi connectivity index (χ3v) is 6.29. The molecule has 1 fully saturated rings. The summed E-state index contributed by atoms with van der Waals surface area (Å²) in [6.07, 6.45) is -1.38. The Morgan fingerprint density at radius 3 is 2.38 bits per heavy atom. The number of nitrogens with zero attached hydrogens (tertiary/aromatic N) is 3. The van der Waals surface area contributed by atoms with Gasteiger partial charge in [0.2, 0.25) is 0 Å². The van der Waals surface area contributed by atoms with E-state index in [0.29, 0.717) is 24.2 Å². The fourth-order valence-corrected chi connectivity index (χ4v) is 4.21. The smallest absolute Gasteiger partial charge is 0.433 e. The van der Waals surface area contributed by atoms with E-state index in [9.17, 15) is 22.8 Å². The molecule has 3 heterocycles. The average molecular weight is 545 g/mol. The van der Waals surface area contributed by atoms with Gasteiger partial charge in [-0.25, -0.2) is 4.98 Å². The van der Waals surface area contributed by atoms with Gasteiger partial charge in [-0.1, -0.05) is 6.58 Å². The lowest BCUT2D eigenvalue weighted by Gasteiger charge is -2.34. The molecule has 0 atom stereocenters. The second kappa shape index (κ2) is 11.1. The summed E-state index contributed by atoms with van der Waals surface area (Å²) in [5.74, 6) is -0.584. The molecular weight excluding hydrogens is 517 g/mol. The molecule has 39 heavy (non-hydrogen) atoms. The maximum atomic E-state index is 13.2. The number of H-pyrrole nitrogens is 1. The van der Waals surface area contributed by atoms with E-state index in [-0.39, 0.29) is 59.4 Å². The number of benzene rings is 1. The minimum Gasteiger partial charge on any atom is -0.494 e. The molecule has 2 aromatic heterocycles.